The van der Waals surface area contributed by atoms with Crippen LogP contribution in [0.1, 0.15) is 0 Å². The van der Waals surface area contributed by atoms with Gasteiger partial charge >= 0.3 is 0 Å². The first-order valence-electron chi connectivity index (χ1n) is 4.49. The summed E-state index contributed by atoms with van der Waals surface area (Å²) in [6.07, 6.45) is 4.81. The van der Waals surface area contributed by atoms with Gasteiger partial charge in [0.05, 0.1) is 24.6 Å². The number of nitrogens with one attached hydrogen (secondary N) is 1. The average molecular weight is 202 g/mol. The smallest absolute Gasteiger partial charge is 0.190 e. The number of ether oxygens (including phenoxy) is 1. The number of H-pyrrole nitrogens is 1. The lowest BCUT2D eigenvalue weighted by atomic mass is 10.2. The highest BCUT2D eigenvalue weighted by molar-refractivity contribution is 5.57. The SMILES string of the molecule is COc1ccc(-c2c[nH]ccc2=O)nc1. The van der Waals surface area contributed by atoms with E-state index in [0.717, 1.165) is 0 Å². The number of aromatic amines is 1. The van der Waals surface area contributed by atoms with Crippen LogP contribution in [-0.2, 0) is 0 Å². The monoisotopic (exact) mass is 202 g/mol. The van der Waals surface area contributed by atoms with E-state index in [9.17, 15) is 4.79 Å². The van der Waals surface area contributed by atoms with E-state index in [2.05, 4.69) is 9.97 Å². The third-order valence-electron chi connectivity index (χ3n) is 2.07. The highest BCUT2D eigenvalue weighted by Gasteiger charge is 2.02. The minimum absolute atomic E-state index is 0.0496. The molecule has 4 heteroatoms. The molecule has 0 aliphatic heterocycles. The Bertz CT molecular complexity index is 502. The van der Waals surface area contributed by atoms with E-state index in [1.165, 1.54) is 6.07 Å². The number of pyridine rings is 2. The zero-order chi connectivity index (χ0) is 10.7. The molecule has 0 radical (unpaired) electrons. The number of methoxy groups -OCH3 is 1. The van der Waals surface area contributed by atoms with Gasteiger partial charge in [-0.2, -0.15) is 0 Å². The molecule has 0 amide bonds. The molecule has 0 aliphatic rings. The molecule has 0 bridgehead atoms. The van der Waals surface area contributed by atoms with E-state index in [1.807, 2.05) is 0 Å². The Labute approximate surface area is 86.6 Å². The Kier molecular flexibility index (Phi) is 2.49. The minimum atomic E-state index is -0.0496. The van der Waals surface area contributed by atoms with Gasteiger partial charge in [-0.25, -0.2) is 0 Å². The molecule has 2 rings (SSSR count). The third kappa shape index (κ3) is 1.88. The van der Waals surface area contributed by atoms with Crippen LogP contribution < -0.4 is 10.2 Å². The highest BCUT2D eigenvalue weighted by Crippen LogP contribution is 2.14. The van der Waals surface area contributed by atoms with Gasteiger partial charge in [0.15, 0.2) is 5.43 Å². The topological polar surface area (TPSA) is 55.0 Å². The molecule has 76 valence electrons. The lowest BCUT2D eigenvalue weighted by Crippen LogP contribution is -2.03. The van der Waals surface area contributed by atoms with Gasteiger partial charge in [-0.15, -0.1) is 0 Å². The van der Waals surface area contributed by atoms with Crippen LogP contribution in [0, 0.1) is 0 Å². The first-order valence-corrected chi connectivity index (χ1v) is 4.49. The van der Waals surface area contributed by atoms with Crippen molar-refractivity contribution in [2.75, 3.05) is 7.11 Å². The maximum absolute atomic E-state index is 11.5. The molecule has 2 heterocycles. The maximum atomic E-state index is 11.5. The zero-order valence-electron chi connectivity index (χ0n) is 8.23. The fraction of sp³-hybridized carbons (Fsp3) is 0.0909. The van der Waals surface area contributed by atoms with Crippen LogP contribution in [-0.4, -0.2) is 17.1 Å². The predicted octanol–water partition coefficient (Wildman–Crippen LogP) is 1.45. The number of rotatable bonds is 2. The summed E-state index contributed by atoms with van der Waals surface area (Å²) in [4.78, 5) is 18.5. The number of aromatic nitrogens is 2. The van der Waals surface area contributed by atoms with Gasteiger partial charge in [0.2, 0.25) is 0 Å². The summed E-state index contributed by atoms with van der Waals surface area (Å²) >= 11 is 0. The van der Waals surface area contributed by atoms with Gasteiger partial charge in [-0.3, -0.25) is 9.78 Å². The minimum Gasteiger partial charge on any atom is -0.495 e. The van der Waals surface area contributed by atoms with E-state index in [1.54, 1.807) is 37.8 Å². The van der Waals surface area contributed by atoms with Crippen LogP contribution in [0.3, 0.4) is 0 Å². The summed E-state index contributed by atoms with van der Waals surface area (Å²) < 4.78 is 4.99. The van der Waals surface area contributed by atoms with Crippen LogP contribution in [0.4, 0.5) is 0 Å². The number of hydrogen-bond donors (Lipinski definition) is 1. The molecule has 2 aromatic rings. The molecular formula is C11H10N2O2. The van der Waals surface area contributed by atoms with E-state index < -0.39 is 0 Å². The molecule has 0 aliphatic carbocycles. The molecule has 15 heavy (non-hydrogen) atoms. The molecule has 0 saturated carbocycles. The number of nitrogens with zero attached hydrogens (tertiary/aromatic N) is 1. The summed E-state index contributed by atoms with van der Waals surface area (Å²) in [5.41, 5.74) is 1.14. The molecule has 0 unspecified atom stereocenters. The lowest BCUT2D eigenvalue weighted by Gasteiger charge is -2.01. The molecule has 0 spiro atoms. The number of hydrogen-bond acceptors (Lipinski definition) is 3. The van der Waals surface area contributed by atoms with Crippen LogP contribution in [0.2, 0.25) is 0 Å². The van der Waals surface area contributed by atoms with Crippen molar-refractivity contribution in [3.05, 3.63) is 47.0 Å². The molecule has 2 aromatic heterocycles. The van der Waals surface area contributed by atoms with E-state index in [-0.39, 0.29) is 5.43 Å². The van der Waals surface area contributed by atoms with E-state index in [0.29, 0.717) is 17.0 Å². The second-order valence-electron chi connectivity index (χ2n) is 3.01. The van der Waals surface area contributed by atoms with Crippen LogP contribution in [0.5, 0.6) is 5.75 Å². The first kappa shape index (κ1) is 9.45. The Morgan fingerprint density at radius 2 is 2.20 bits per heavy atom. The molecule has 0 saturated heterocycles. The van der Waals surface area contributed by atoms with E-state index >= 15 is 0 Å². The first-order chi connectivity index (χ1) is 7.31. The van der Waals surface area contributed by atoms with Gasteiger partial charge in [0.25, 0.3) is 0 Å². The Balaban J connectivity index is 2.46. The zero-order valence-corrected chi connectivity index (χ0v) is 8.23. The molecule has 0 fully saturated rings. The Hall–Kier alpha value is -2.10. The van der Waals surface area contributed by atoms with Gasteiger partial charge in [0.1, 0.15) is 5.75 Å². The van der Waals surface area contributed by atoms with Crippen molar-refractivity contribution in [1.82, 2.24) is 9.97 Å². The van der Waals surface area contributed by atoms with Crippen molar-refractivity contribution in [2.45, 2.75) is 0 Å². The quantitative estimate of drug-likeness (QED) is 0.801. The van der Waals surface area contributed by atoms with Crippen molar-refractivity contribution < 1.29 is 4.74 Å². The van der Waals surface area contributed by atoms with E-state index in [4.69, 9.17) is 4.74 Å². The van der Waals surface area contributed by atoms with Crippen molar-refractivity contribution in [3.8, 4) is 17.0 Å². The molecule has 0 atom stereocenters. The second-order valence-corrected chi connectivity index (χ2v) is 3.01. The highest BCUT2D eigenvalue weighted by atomic mass is 16.5. The fourth-order valence-corrected chi connectivity index (χ4v) is 1.28. The Morgan fingerprint density at radius 1 is 1.33 bits per heavy atom. The van der Waals surface area contributed by atoms with Crippen LogP contribution in [0.25, 0.3) is 11.3 Å². The lowest BCUT2D eigenvalue weighted by molar-refractivity contribution is 0.413. The van der Waals surface area contributed by atoms with Gasteiger partial charge in [-0.1, -0.05) is 0 Å². The standard InChI is InChI=1S/C11H10N2O2/c1-15-8-2-3-10(13-6-8)9-7-12-5-4-11(9)14/h2-7H,1H3,(H,12,14). The maximum Gasteiger partial charge on any atom is 0.190 e. The molecule has 0 aromatic carbocycles. The predicted molar refractivity (Wildman–Crippen MR) is 56.8 cm³/mol. The van der Waals surface area contributed by atoms with Crippen molar-refractivity contribution >= 4 is 0 Å². The van der Waals surface area contributed by atoms with Gasteiger partial charge < -0.3 is 9.72 Å². The molecule has 4 nitrogen and oxygen atoms in total. The van der Waals surface area contributed by atoms with Gasteiger partial charge in [-0.05, 0) is 12.1 Å². The normalized spacial score (nSPS) is 9.93. The Morgan fingerprint density at radius 3 is 2.80 bits per heavy atom. The third-order valence-corrected chi connectivity index (χ3v) is 2.07. The van der Waals surface area contributed by atoms with Crippen LogP contribution >= 0.6 is 0 Å². The molecule has 1 N–H and O–H groups in total. The summed E-state index contributed by atoms with van der Waals surface area (Å²) in [6, 6.07) is 5.00. The van der Waals surface area contributed by atoms with Crippen molar-refractivity contribution in [1.29, 1.82) is 0 Å². The average Bonchev–Trinajstić information content (AvgIpc) is 2.30. The molecular weight excluding hydrogens is 192 g/mol. The fourth-order valence-electron chi connectivity index (χ4n) is 1.28. The largest absolute Gasteiger partial charge is 0.495 e. The summed E-state index contributed by atoms with van der Waals surface area (Å²) in [7, 11) is 1.58. The second kappa shape index (κ2) is 3.96. The van der Waals surface area contributed by atoms with Crippen LogP contribution in [0.15, 0.2) is 41.6 Å². The van der Waals surface area contributed by atoms with Crippen molar-refractivity contribution in [3.63, 3.8) is 0 Å². The summed E-state index contributed by atoms with van der Waals surface area (Å²) in [5.74, 6) is 0.672. The summed E-state index contributed by atoms with van der Waals surface area (Å²) in [6.45, 7) is 0. The van der Waals surface area contributed by atoms with Gasteiger partial charge in [0, 0.05) is 18.5 Å². The van der Waals surface area contributed by atoms with Crippen molar-refractivity contribution in [2.24, 2.45) is 0 Å². The summed E-state index contributed by atoms with van der Waals surface area (Å²) in [5, 5.41) is 0.